The van der Waals surface area contributed by atoms with E-state index in [2.05, 4.69) is 20.8 Å². The molecule has 0 spiro atoms. The quantitative estimate of drug-likeness (QED) is 0.0945. The molecule has 0 saturated carbocycles. The zero-order valence-electron chi connectivity index (χ0n) is 17.6. The Balaban J connectivity index is 5.78. The molecule has 35 heavy (non-hydrogen) atoms. The number of ether oxygens (including phenoxy) is 3. The summed E-state index contributed by atoms with van der Waals surface area (Å²) < 4.78 is 173. The van der Waals surface area contributed by atoms with E-state index in [0.717, 1.165) is 6.92 Å². The van der Waals surface area contributed by atoms with Crippen molar-refractivity contribution < 1.29 is 80.7 Å². The van der Waals surface area contributed by atoms with Crippen molar-refractivity contribution in [1.82, 2.24) is 0 Å². The first-order chi connectivity index (χ1) is 15.3. The number of rotatable bonds is 12. The summed E-state index contributed by atoms with van der Waals surface area (Å²) in [6.07, 6.45) is -19.0. The molecule has 0 aliphatic rings. The smallest absolute Gasteiger partial charge is 0.448 e. The predicted octanol–water partition coefficient (Wildman–Crippen LogP) is 4.16. The minimum atomic E-state index is -6.58. The van der Waals surface area contributed by atoms with Gasteiger partial charge < -0.3 is 14.2 Å². The van der Waals surface area contributed by atoms with E-state index in [4.69, 9.17) is 4.55 Å². The van der Waals surface area contributed by atoms with Gasteiger partial charge in [-0.3, -0.25) is 4.55 Å². The zero-order chi connectivity index (χ0) is 28.3. The highest BCUT2D eigenvalue weighted by atomic mass is 32.2. The van der Waals surface area contributed by atoms with Crippen LogP contribution in [0.25, 0.3) is 0 Å². The number of alkyl halides is 10. The van der Waals surface area contributed by atoms with Crippen LogP contribution < -0.4 is 0 Å². The van der Waals surface area contributed by atoms with Gasteiger partial charge in [-0.1, -0.05) is 6.58 Å². The molecular weight excluding hydrogens is 542 g/mol. The second-order valence-corrected chi connectivity index (χ2v) is 8.34. The molecule has 0 rings (SSSR count). The van der Waals surface area contributed by atoms with Crippen LogP contribution in [0.3, 0.4) is 0 Å². The molecule has 0 heterocycles. The van der Waals surface area contributed by atoms with Crippen LogP contribution in [0, 0.1) is 0 Å². The van der Waals surface area contributed by atoms with E-state index >= 15 is 0 Å². The first-order valence-corrected chi connectivity index (χ1v) is 10.4. The lowest BCUT2D eigenvalue weighted by Gasteiger charge is -2.33. The van der Waals surface area contributed by atoms with E-state index in [1.54, 1.807) is 0 Å². The Morgan fingerprint density at radius 3 is 1.83 bits per heavy atom. The first-order valence-electron chi connectivity index (χ1n) is 8.93. The van der Waals surface area contributed by atoms with E-state index in [-0.39, 0.29) is 6.92 Å². The van der Waals surface area contributed by atoms with E-state index in [1.807, 2.05) is 0 Å². The van der Waals surface area contributed by atoms with Gasteiger partial charge in [-0.25, -0.2) is 9.59 Å². The molecule has 2 unspecified atom stereocenters. The van der Waals surface area contributed by atoms with E-state index in [9.17, 15) is 61.9 Å². The Kier molecular flexibility index (Phi) is 10.2. The molecule has 0 saturated heterocycles. The number of hydrogen-bond donors (Lipinski definition) is 1. The lowest BCUT2D eigenvalue weighted by Crippen LogP contribution is -2.59. The van der Waals surface area contributed by atoms with Crippen molar-refractivity contribution in [3.8, 4) is 0 Å². The summed E-state index contributed by atoms with van der Waals surface area (Å²) in [4.78, 5) is 23.6. The van der Waals surface area contributed by atoms with Gasteiger partial charge in [-0.05, 0) is 26.7 Å². The second kappa shape index (κ2) is 10.9. The molecule has 19 heteroatoms. The number of carbonyl (C=O) groups excluding carboxylic acids is 2. The van der Waals surface area contributed by atoms with E-state index in [0.29, 0.717) is 0 Å². The molecule has 2 atom stereocenters. The second-order valence-electron chi connectivity index (χ2n) is 6.88. The third kappa shape index (κ3) is 7.92. The normalized spacial score (nSPS) is 16.3. The van der Waals surface area contributed by atoms with Crippen molar-refractivity contribution in [2.45, 2.75) is 68.5 Å². The van der Waals surface area contributed by atoms with Crippen molar-refractivity contribution in [2.24, 2.45) is 0 Å². The SMILES string of the molecule is C=C(C)C(=O)OC(OCCCCC(F)(F)C(F)(F)S(=O)(=O)O)(C(=O)OC(C)C(F)(F)F)C(F)(F)F. The Labute approximate surface area is 190 Å². The van der Waals surface area contributed by atoms with Gasteiger partial charge in [0.2, 0.25) is 0 Å². The van der Waals surface area contributed by atoms with E-state index < -0.39 is 88.9 Å². The summed E-state index contributed by atoms with van der Waals surface area (Å²) in [7, 11) is -6.58. The first kappa shape index (κ1) is 32.8. The molecule has 0 aliphatic heterocycles. The minimum Gasteiger partial charge on any atom is -0.448 e. The van der Waals surface area contributed by atoms with Gasteiger partial charge in [-0.2, -0.15) is 52.3 Å². The maximum Gasteiger partial charge on any atom is 0.468 e. The fourth-order valence-corrected chi connectivity index (χ4v) is 2.39. The maximum absolute atomic E-state index is 13.7. The Hall–Kier alpha value is -2.15. The van der Waals surface area contributed by atoms with Crippen molar-refractivity contribution in [1.29, 1.82) is 0 Å². The standard InChI is InChI=1S/C16H18F10O8S/c1-8(2)10(27)34-13(15(22,23)24,11(28)33-9(3)14(19,20)21)32-7-5-4-6-12(17,18)16(25,26)35(29,30)31/h9H,1,4-7H2,2-3H3,(H,29,30,31). The largest absolute Gasteiger partial charge is 0.468 e. The van der Waals surface area contributed by atoms with Crippen LogP contribution in [0.4, 0.5) is 43.9 Å². The monoisotopic (exact) mass is 560 g/mol. The molecule has 0 amide bonds. The Morgan fingerprint density at radius 1 is 0.971 bits per heavy atom. The number of esters is 2. The van der Waals surface area contributed by atoms with Crippen LogP contribution in [-0.4, -0.2) is 66.9 Å². The molecule has 0 aromatic rings. The van der Waals surface area contributed by atoms with Gasteiger partial charge in [0.05, 0.1) is 6.61 Å². The minimum absolute atomic E-state index is 0.122. The van der Waals surface area contributed by atoms with Crippen molar-refractivity contribution >= 4 is 22.1 Å². The lowest BCUT2D eigenvalue weighted by molar-refractivity contribution is -0.358. The Bertz CT molecular complexity index is 897. The molecule has 0 bridgehead atoms. The molecule has 8 nitrogen and oxygen atoms in total. The summed E-state index contributed by atoms with van der Waals surface area (Å²) in [5.74, 6) is -15.1. The summed E-state index contributed by atoms with van der Waals surface area (Å²) in [6, 6.07) is 0. The van der Waals surface area contributed by atoms with Crippen LogP contribution >= 0.6 is 0 Å². The van der Waals surface area contributed by atoms with Gasteiger partial charge in [0, 0.05) is 12.0 Å². The van der Waals surface area contributed by atoms with Crippen LogP contribution in [0.1, 0.15) is 33.1 Å². The summed E-state index contributed by atoms with van der Waals surface area (Å²) in [5, 5.41) is -5.97. The summed E-state index contributed by atoms with van der Waals surface area (Å²) in [6.45, 7) is 2.29. The molecule has 0 aromatic heterocycles. The van der Waals surface area contributed by atoms with Gasteiger partial charge in [0.15, 0.2) is 6.10 Å². The van der Waals surface area contributed by atoms with Gasteiger partial charge in [0.1, 0.15) is 0 Å². The van der Waals surface area contributed by atoms with Crippen molar-refractivity contribution in [3.63, 3.8) is 0 Å². The van der Waals surface area contributed by atoms with Crippen LogP contribution in [0.5, 0.6) is 0 Å². The van der Waals surface area contributed by atoms with Gasteiger partial charge in [-0.15, -0.1) is 0 Å². The summed E-state index contributed by atoms with van der Waals surface area (Å²) >= 11 is 0. The zero-order valence-corrected chi connectivity index (χ0v) is 18.4. The fourth-order valence-electron chi connectivity index (χ4n) is 1.91. The average Bonchev–Trinajstić information content (AvgIpc) is 2.63. The highest BCUT2D eigenvalue weighted by Crippen LogP contribution is 2.42. The molecule has 0 fully saturated rings. The fraction of sp³-hybridized carbons (Fsp3) is 0.750. The number of carbonyl (C=O) groups is 2. The van der Waals surface area contributed by atoms with Crippen LogP contribution in [0.15, 0.2) is 12.2 Å². The van der Waals surface area contributed by atoms with Crippen molar-refractivity contribution in [2.75, 3.05) is 6.61 Å². The average molecular weight is 560 g/mol. The third-order valence-corrected chi connectivity index (χ3v) is 4.86. The maximum atomic E-state index is 13.7. The molecule has 0 aliphatic carbocycles. The molecule has 206 valence electrons. The molecule has 0 aromatic carbocycles. The predicted molar refractivity (Wildman–Crippen MR) is 92.5 cm³/mol. The van der Waals surface area contributed by atoms with E-state index in [1.165, 1.54) is 0 Å². The van der Waals surface area contributed by atoms with Crippen LogP contribution in [-0.2, 0) is 33.9 Å². The number of unbranched alkanes of at least 4 members (excludes halogenated alkanes) is 1. The lowest BCUT2D eigenvalue weighted by atomic mass is 10.1. The highest BCUT2D eigenvalue weighted by Gasteiger charge is 2.69. The van der Waals surface area contributed by atoms with Gasteiger partial charge >= 0.3 is 51.4 Å². The third-order valence-electron chi connectivity index (χ3n) is 3.91. The number of halogens is 10. The molecule has 0 radical (unpaired) electrons. The van der Waals surface area contributed by atoms with Crippen LogP contribution in [0.2, 0.25) is 0 Å². The molecular formula is C16H18F10O8S. The highest BCUT2D eigenvalue weighted by molar-refractivity contribution is 7.87. The number of hydrogen-bond acceptors (Lipinski definition) is 7. The van der Waals surface area contributed by atoms with Gasteiger partial charge in [0.25, 0.3) is 0 Å². The molecule has 1 N–H and O–H groups in total. The Morgan fingerprint density at radius 2 is 1.46 bits per heavy atom. The topological polar surface area (TPSA) is 116 Å². The summed E-state index contributed by atoms with van der Waals surface area (Å²) in [5.41, 5.74) is -0.786. The van der Waals surface area contributed by atoms with Crippen molar-refractivity contribution in [3.05, 3.63) is 12.2 Å².